The molecule has 0 saturated heterocycles. The number of rotatable bonds is 4. The smallest absolute Gasteiger partial charge is 0.261 e. The summed E-state index contributed by atoms with van der Waals surface area (Å²) in [5.41, 5.74) is 0.647. The Morgan fingerprint density at radius 3 is 2.47 bits per heavy atom. The summed E-state index contributed by atoms with van der Waals surface area (Å²) >= 11 is 3.18. The Hall–Kier alpha value is -0.590. The predicted molar refractivity (Wildman–Crippen MR) is 79.1 cm³/mol. The van der Waals surface area contributed by atoms with Gasteiger partial charge < -0.3 is 5.32 Å². The van der Waals surface area contributed by atoms with Crippen LogP contribution in [0.1, 0.15) is 29.8 Å². The molecule has 0 radical (unpaired) electrons. The number of halogens is 2. The maximum absolute atomic E-state index is 12.0. The van der Waals surface area contributed by atoms with Crippen molar-refractivity contribution in [2.45, 2.75) is 25.7 Å². The van der Waals surface area contributed by atoms with Crippen molar-refractivity contribution in [3.05, 3.63) is 27.7 Å². The average molecular weight is 369 g/mol. The molecule has 0 aliphatic heterocycles. The van der Waals surface area contributed by atoms with Gasteiger partial charge in [0.15, 0.2) is 0 Å². The highest BCUT2D eigenvalue weighted by atomic mass is 79.9. The maximum Gasteiger partial charge on any atom is 0.261 e. The van der Waals surface area contributed by atoms with Crippen LogP contribution in [-0.4, -0.2) is 20.9 Å². The van der Waals surface area contributed by atoms with Crippen molar-refractivity contribution in [2.24, 2.45) is 5.92 Å². The Balaban J connectivity index is 3.22. The van der Waals surface area contributed by atoms with Crippen LogP contribution in [0.25, 0.3) is 0 Å². The quantitative estimate of drug-likeness (QED) is 0.831. The summed E-state index contributed by atoms with van der Waals surface area (Å²) in [7, 11) is 1.48. The fourth-order valence-electron chi connectivity index (χ4n) is 1.54. The second-order valence-corrected chi connectivity index (χ2v) is 8.07. The van der Waals surface area contributed by atoms with Crippen LogP contribution in [0.2, 0.25) is 0 Å². The summed E-state index contributed by atoms with van der Waals surface area (Å²) in [4.78, 5) is 12.0. The highest BCUT2D eigenvalue weighted by molar-refractivity contribution is 9.10. The molecule has 1 amide bonds. The minimum absolute atomic E-state index is 0.0572. The molecule has 0 spiro atoms. The van der Waals surface area contributed by atoms with Gasteiger partial charge in [0, 0.05) is 27.3 Å². The number of carbonyl (C=O) groups excluding carboxylic acids is 1. The summed E-state index contributed by atoms with van der Waals surface area (Å²) in [5.74, 6) is 0.00158. The van der Waals surface area contributed by atoms with Gasteiger partial charge in [-0.1, -0.05) is 29.8 Å². The van der Waals surface area contributed by atoms with Crippen LogP contribution in [0, 0.1) is 12.8 Å². The Morgan fingerprint density at radius 1 is 1.42 bits per heavy atom. The molecule has 0 fully saturated rings. The van der Waals surface area contributed by atoms with E-state index >= 15 is 0 Å². The lowest BCUT2D eigenvalue weighted by molar-refractivity contribution is 0.0948. The Morgan fingerprint density at radius 2 is 2.00 bits per heavy atom. The first kappa shape index (κ1) is 16.5. The lowest BCUT2D eigenvalue weighted by atomic mass is 10.1. The largest absolute Gasteiger partial charge is 0.352 e. The van der Waals surface area contributed by atoms with Crippen molar-refractivity contribution >= 4 is 41.6 Å². The molecule has 4 nitrogen and oxygen atoms in total. The molecule has 1 aromatic carbocycles. The van der Waals surface area contributed by atoms with E-state index in [1.54, 1.807) is 13.0 Å². The normalized spacial score (nSPS) is 11.7. The number of benzene rings is 1. The van der Waals surface area contributed by atoms with E-state index in [1.807, 2.05) is 13.8 Å². The van der Waals surface area contributed by atoms with E-state index in [0.717, 1.165) is 0 Å². The molecular weight excluding hydrogens is 354 g/mol. The molecule has 0 saturated carbocycles. The van der Waals surface area contributed by atoms with Crippen LogP contribution in [0.5, 0.6) is 0 Å². The van der Waals surface area contributed by atoms with Gasteiger partial charge in [-0.2, -0.15) is 0 Å². The van der Waals surface area contributed by atoms with Gasteiger partial charge in [0.2, 0.25) is 0 Å². The molecule has 1 N–H and O–H groups in total. The topological polar surface area (TPSA) is 63.2 Å². The standard InChI is InChI=1S/C12H15BrClNO3S/c1-7(2)6-15-12(16)10-4-9(13)5-11(8(10)3)19(14,17)18/h4-5,7H,6H2,1-3H3,(H,15,16). The average Bonchev–Trinajstić information content (AvgIpc) is 2.27. The summed E-state index contributed by atoms with van der Waals surface area (Å²) in [5, 5.41) is 2.75. The summed E-state index contributed by atoms with van der Waals surface area (Å²) in [6.07, 6.45) is 0. The first-order valence-corrected chi connectivity index (χ1v) is 8.76. The predicted octanol–water partition coefficient (Wildman–Crippen LogP) is 3.07. The third kappa shape index (κ3) is 4.47. The van der Waals surface area contributed by atoms with Gasteiger partial charge in [-0.25, -0.2) is 8.42 Å². The van der Waals surface area contributed by atoms with Crippen molar-refractivity contribution in [1.29, 1.82) is 0 Å². The molecule has 0 atom stereocenters. The van der Waals surface area contributed by atoms with Gasteiger partial charge in [0.25, 0.3) is 15.0 Å². The third-order valence-electron chi connectivity index (χ3n) is 2.50. The van der Waals surface area contributed by atoms with Gasteiger partial charge in [0.05, 0.1) is 4.90 Å². The van der Waals surface area contributed by atoms with E-state index in [2.05, 4.69) is 21.2 Å². The first-order chi connectivity index (χ1) is 8.62. The molecule has 0 heterocycles. The maximum atomic E-state index is 12.0. The van der Waals surface area contributed by atoms with E-state index in [0.29, 0.717) is 28.1 Å². The molecule has 0 bridgehead atoms. The number of carbonyl (C=O) groups is 1. The lowest BCUT2D eigenvalue weighted by Gasteiger charge is -2.12. The molecule has 0 unspecified atom stereocenters. The van der Waals surface area contributed by atoms with Gasteiger partial charge in [0.1, 0.15) is 0 Å². The van der Waals surface area contributed by atoms with Crippen LogP contribution in [0.4, 0.5) is 0 Å². The number of amides is 1. The van der Waals surface area contributed by atoms with E-state index in [4.69, 9.17) is 10.7 Å². The Kier molecular flexibility index (Phi) is 5.41. The third-order valence-corrected chi connectivity index (χ3v) is 4.41. The molecule has 106 valence electrons. The van der Waals surface area contributed by atoms with Gasteiger partial charge >= 0.3 is 0 Å². The summed E-state index contributed by atoms with van der Waals surface area (Å²) in [6, 6.07) is 2.97. The van der Waals surface area contributed by atoms with Crippen molar-refractivity contribution in [1.82, 2.24) is 5.32 Å². The van der Waals surface area contributed by atoms with Gasteiger partial charge in [-0.05, 0) is 30.5 Å². The van der Waals surface area contributed by atoms with Crippen LogP contribution < -0.4 is 5.32 Å². The fraction of sp³-hybridized carbons (Fsp3) is 0.417. The molecular formula is C12H15BrClNO3S. The zero-order chi connectivity index (χ0) is 14.8. The minimum Gasteiger partial charge on any atom is -0.352 e. The Bertz CT molecular complexity index is 599. The molecule has 0 aromatic heterocycles. The zero-order valence-corrected chi connectivity index (χ0v) is 14.0. The second-order valence-electron chi connectivity index (χ2n) is 4.62. The van der Waals surface area contributed by atoms with Crippen molar-refractivity contribution < 1.29 is 13.2 Å². The van der Waals surface area contributed by atoms with Crippen LogP contribution in [0.3, 0.4) is 0 Å². The molecule has 1 rings (SSSR count). The molecule has 0 aliphatic carbocycles. The number of hydrogen-bond donors (Lipinski definition) is 1. The molecule has 1 aromatic rings. The van der Waals surface area contributed by atoms with Crippen molar-refractivity contribution in [2.75, 3.05) is 6.54 Å². The molecule has 19 heavy (non-hydrogen) atoms. The first-order valence-electron chi connectivity index (χ1n) is 5.66. The summed E-state index contributed by atoms with van der Waals surface area (Å²) in [6.45, 7) is 6.03. The van der Waals surface area contributed by atoms with Gasteiger partial charge in [-0.15, -0.1) is 0 Å². The molecule has 7 heteroatoms. The Labute approximate surface area is 126 Å². The number of hydrogen-bond acceptors (Lipinski definition) is 3. The zero-order valence-electron chi connectivity index (χ0n) is 10.8. The van der Waals surface area contributed by atoms with Gasteiger partial charge in [-0.3, -0.25) is 4.79 Å². The van der Waals surface area contributed by atoms with Crippen LogP contribution in [-0.2, 0) is 9.05 Å². The fourth-order valence-corrected chi connectivity index (χ4v) is 3.37. The highest BCUT2D eigenvalue weighted by Crippen LogP contribution is 2.27. The summed E-state index contributed by atoms with van der Waals surface area (Å²) < 4.78 is 23.4. The van der Waals surface area contributed by atoms with Crippen molar-refractivity contribution in [3.8, 4) is 0 Å². The SMILES string of the molecule is Cc1c(C(=O)NCC(C)C)cc(Br)cc1S(=O)(=O)Cl. The van der Waals surface area contributed by atoms with E-state index in [9.17, 15) is 13.2 Å². The van der Waals surface area contributed by atoms with E-state index in [1.165, 1.54) is 6.07 Å². The number of nitrogens with one attached hydrogen (secondary N) is 1. The lowest BCUT2D eigenvalue weighted by Crippen LogP contribution is -2.28. The minimum atomic E-state index is -3.88. The monoisotopic (exact) mass is 367 g/mol. The molecule has 0 aliphatic rings. The van der Waals surface area contributed by atoms with E-state index in [-0.39, 0.29) is 10.8 Å². The highest BCUT2D eigenvalue weighted by Gasteiger charge is 2.20. The second kappa shape index (κ2) is 6.24. The van der Waals surface area contributed by atoms with E-state index < -0.39 is 9.05 Å². The van der Waals surface area contributed by atoms with Crippen molar-refractivity contribution in [3.63, 3.8) is 0 Å². The van der Waals surface area contributed by atoms with Crippen LogP contribution in [0.15, 0.2) is 21.5 Å². The van der Waals surface area contributed by atoms with Crippen LogP contribution >= 0.6 is 26.6 Å².